The summed E-state index contributed by atoms with van der Waals surface area (Å²) in [5, 5.41) is 5.19. The Bertz CT molecular complexity index is 1400. The number of benzene rings is 2. The van der Waals surface area contributed by atoms with E-state index in [1.807, 2.05) is 34.4 Å². The third kappa shape index (κ3) is 5.19. The molecule has 1 aliphatic rings. The van der Waals surface area contributed by atoms with E-state index in [9.17, 15) is 9.59 Å². The first-order valence-electron chi connectivity index (χ1n) is 11.9. The van der Waals surface area contributed by atoms with Crippen LogP contribution in [0.1, 0.15) is 34.1 Å². The van der Waals surface area contributed by atoms with Crippen molar-refractivity contribution in [2.45, 2.75) is 25.8 Å². The van der Waals surface area contributed by atoms with Gasteiger partial charge in [0.15, 0.2) is 0 Å². The molecule has 2 aromatic heterocycles. The molecule has 6 nitrogen and oxygen atoms in total. The molecule has 2 aromatic carbocycles. The van der Waals surface area contributed by atoms with Gasteiger partial charge in [0.1, 0.15) is 5.56 Å². The zero-order valence-corrected chi connectivity index (χ0v) is 21.3. The van der Waals surface area contributed by atoms with Gasteiger partial charge < -0.3 is 14.5 Å². The lowest BCUT2D eigenvalue weighted by Crippen LogP contribution is -2.35. The lowest BCUT2D eigenvalue weighted by Gasteiger charge is -2.26. The van der Waals surface area contributed by atoms with E-state index < -0.39 is 0 Å². The Kier molecular flexibility index (Phi) is 7.29. The normalized spacial score (nSPS) is 14.7. The smallest absolute Gasteiger partial charge is 0.257 e. The van der Waals surface area contributed by atoms with Crippen molar-refractivity contribution in [3.63, 3.8) is 0 Å². The summed E-state index contributed by atoms with van der Waals surface area (Å²) in [7, 11) is 0. The van der Waals surface area contributed by atoms with E-state index in [1.165, 1.54) is 0 Å². The van der Waals surface area contributed by atoms with Gasteiger partial charge in [-0.2, -0.15) is 11.8 Å². The molecule has 35 heavy (non-hydrogen) atoms. The summed E-state index contributed by atoms with van der Waals surface area (Å²) in [6.07, 6.45) is 1.71. The van der Waals surface area contributed by atoms with Gasteiger partial charge in [0, 0.05) is 59.6 Å². The van der Waals surface area contributed by atoms with Crippen molar-refractivity contribution in [2.24, 2.45) is 0 Å². The minimum atomic E-state index is -0.370. The molecule has 5 rings (SSSR count). The Morgan fingerprint density at radius 1 is 1.11 bits per heavy atom. The predicted octanol–water partition coefficient (Wildman–Crippen LogP) is 4.56. The Morgan fingerprint density at radius 2 is 1.89 bits per heavy atom. The molecular weight excluding hydrogens is 482 g/mol. The van der Waals surface area contributed by atoms with Crippen molar-refractivity contribution in [2.75, 3.05) is 32.1 Å². The van der Waals surface area contributed by atoms with E-state index in [0.717, 1.165) is 72.1 Å². The van der Waals surface area contributed by atoms with Crippen LogP contribution >= 0.6 is 23.4 Å². The second kappa shape index (κ2) is 10.6. The van der Waals surface area contributed by atoms with Gasteiger partial charge in [-0.05, 0) is 47.2 Å². The number of rotatable bonds is 8. The fraction of sp³-hybridized carbons (Fsp3) is 0.333. The summed E-state index contributed by atoms with van der Waals surface area (Å²) >= 11 is 7.78. The van der Waals surface area contributed by atoms with Gasteiger partial charge in [0.05, 0.1) is 18.7 Å². The molecule has 1 amide bonds. The summed E-state index contributed by atoms with van der Waals surface area (Å²) in [6.45, 7) is 6.41. The maximum Gasteiger partial charge on any atom is 0.257 e. The molecule has 0 radical (unpaired) electrons. The van der Waals surface area contributed by atoms with Crippen LogP contribution in [0.2, 0.25) is 5.02 Å². The Morgan fingerprint density at radius 3 is 2.63 bits per heavy atom. The van der Waals surface area contributed by atoms with Crippen molar-refractivity contribution < 1.29 is 9.53 Å². The summed E-state index contributed by atoms with van der Waals surface area (Å²) in [4.78, 5) is 29.1. The molecule has 3 heterocycles. The van der Waals surface area contributed by atoms with Crippen LogP contribution in [0.15, 0.2) is 53.5 Å². The highest BCUT2D eigenvalue weighted by atomic mass is 35.5. The van der Waals surface area contributed by atoms with E-state index in [2.05, 4.69) is 29.3 Å². The Labute approximate surface area is 213 Å². The van der Waals surface area contributed by atoms with E-state index >= 15 is 0 Å². The molecule has 0 atom stereocenters. The van der Waals surface area contributed by atoms with Crippen molar-refractivity contribution >= 4 is 45.6 Å². The molecule has 182 valence electrons. The summed E-state index contributed by atoms with van der Waals surface area (Å²) < 4.78 is 7.51. The van der Waals surface area contributed by atoms with Crippen LogP contribution in [0, 0.1) is 0 Å². The van der Waals surface area contributed by atoms with Gasteiger partial charge >= 0.3 is 0 Å². The molecule has 1 aliphatic heterocycles. The highest BCUT2D eigenvalue weighted by Gasteiger charge is 2.20. The average Bonchev–Trinajstić information content (AvgIpc) is 3.22. The number of ether oxygens (including phenoxy) is 1. The SMILES string of the molecule is CCSCc1cc2cc(CN3CCOCC3)cc3c(=O)c(C(=O)NCc4ccc(Cl)cc4)cn1c23. The number of halogens is 1. The summed E-state index contributed by atoms with van der Waals surface area (Å²) in [6, 6.07) is 13.6. The Balaban J connectivity index is 1.53. The van der Waals surface area contributed by atoms with Gasteiger partial charge in [-0.25, -0.2) is 0 Å². The van der Waals surface area contributed by atoms with Crippen LogP contribution in [-0.2, 0) is 23.6 Å². The maximum atomic E-state index is 13.6. The molecule has 0 aliphatic carbocycles. The molecule has 0 bridgehead atoms. The molecule has 1 fully saturated rings. The first kappa shape index (κ1) is 24.1. The quantitative estimate of drug-likeness (QED) is 0.377. The number of pyridine rings is 1. The molecular formula is C27H28ClN3O3S. The molecule has 0 saturated carbocycles. The van der Waals surface area contributed by atoms with Gasteiger partial charge in [-0.3, -0.25) is 14.5 Å². The van der Waals surface area contributed by atoms with Crippen molar-refractivity contribution in [3.8, 4) is 0 Å². The third-order valence-corrected chi connectivity index (χ3v) is 7.55. The zero-order valence-electron chi connectivity index (χ0n) is 19.7. The average molecular weight is 510 g/mol. The summed E-state index contributed by atoms with van der Waals surface area (Å²) in [5.41, 5.74) is 3.91. The number of morpholine rings is 1. The summed E-state index contributed by atoms with van der Waals surface area (Å²) in [5.74, 6) is 1.44. The largest absolute Gasteiger partial charge is 0.379 e. The number of nitrogens with zero attached hydrogens (tertiary/aromatic N) is 2. The topological polar surface area (TPSA) is 63.0 Å². The maximum absolute atomic E-state index is 13.6. The molecule has 0 spiro atoms. The monoisotopic (exact) mass is 509 g/mol. The minimum absolute atomic E-state index is 0.162. The fourth-order valence-corrected chi connectivity index (χ4v) is 5.37. The molecule has 4 aromatic rings. The van der Waals surface area contributed by atoms with E-state index in [-0.39, 0.29) is 16.9 Å². The van der Waals surface area contributed by atoms with Gasteiger partial charge in [0.25, 0.3) is 5.91 Å². The van der Waals surface area contributed by atoms with Crippen molar-refractivity contribution in [3.05, 3.63) is 86.3 Å². The number of amides is 1. The number of hydrogen-bond donors (Lipinski definition) is 1. The first-order chi connectivity index (χ1) is 17.0. The minimum Gasteiger partial charge on any atom is -0.379 e. The first-order valence-corrected chi connectivity index (χ1v) is 13.4. The van der Waals surface area contributed by atoms with E-state index in [1.54, 1.807) is 18.3 Å². The second-order valence-corrected chi connectivity index (χ2v) is 10.5. The van der Waals surface area contributed by atoms with Crippen molar-refractivity contribution in [1.29, 1.82) is 0 Å². The second-order valence-electron chi connectivity index (χ2n) is 8.79. The number of carbonyl (C=O) groups is 1. The zero-order chi connectivity index (χ0) is 24.4. The predicted molar refractivity (Wildman–Crippen MR) is 143 cm³/mol. The van der Waals surface area contributed by atoms with Crippen LogP contribution < -0.4 is 10.7 Å². The van der Waals surface area contributed by atoms with Crippen LogP contribution in [-0.4, -0.2) is 47.3 Å². The van der Waals surface area contributed by atoms with Crippen LogP contribution in [0.25, 0.3) is 16.3 Å². The van der Waals surface area contributed by atoms with Gasteiger partial charge in [0.2, 0.25) is 5.43 Å². The number of carbonyl (C=O) groups excluding carboxylic acids is 1. The van der Waals surface area contributed by atoms with Crippen LogP contribution in [0.3, 0.4) is 0 Å². The molecule has 0 unspecified atom stereocenters. The van der Waals surface area contributed by atoms with E-state index in [4.69, 9.17) is 16.3 Å². The number of hydrogen-bond acceptors (Lipinski definition) is 5. The van der Waals surface area contributed by atoms with Gasteiger partial charge in [-0.1, -0.05) is 30.7 Å². The molecule has 1 N–H and O–H groups in total. The fourth-order valence-electron chi connectivity index (χ4n) is 4.61. The number of thioether (sulfide) groups is 1. The van der Waals surface area contributed by atoms with Crippen LogP contribution in [0.4, 0.5) is 0 Å². The molecule has 8 heteroatoms. The molecule has 1 saturated heterocycles. The number of aromatic nitrogens is 1. The van der Waals surface area contributed by atoms with Crippen LogP contribution in [0.5, 0.6) is 0 Å². The number of nitrogens with one attached hydrogen (secondary N) is 1. The van der Waals surface area contributed by atoms with Gasteiger partial charge in [-0.15, -0.1) is 0 Å². The van der Waals surface area contributed by atoms with Crippen molar-refractivity contribution in [1.82, 2.24) is 14.6 Å². The highest BCUT2D eigenvalue weighted by Crippen LogP contribution is 2.28. The van der Waals surface area contributed by atoms with E-state index in [0.29, 0.717) is 17.0 Å². The lowest BCUT2D eigenvalue weighted by atomic mass is 10.0. The highest BCUT2D eigenvalue weighted by molar-refractivity contribution is 7.98. The standard InChI is InChI=1S/C27H28ClN3O3S/c1-2-35-17-22-13-20-11-19(15-30-7-9-34-10-8-30)12-23-25(20)31(22)16-24(26(23)32)27(33)29-14-18-3-5-21(28)6-4-18/h3-6,11-13,16H,2,7-10,14-15,17H2,1H3,(H,29,33). The Hall–Kier alpha value is -2.58. The third-order valence-electron chi connectivity index (χ3n) is 6.39. The lowest BCUT2D eigenvalue weighted by molar-refractivity contribution is 0.0342.